The van der Waals surface area contributed by atoms with E-state index in [1.54, 1.807) is 36.9 Å². The van der Waals surface area contributed by atoms with E-state index >= 15 is 4.39 Å². The number of benzene rings is 3. The summed E-state index contributed by atoms with van der Waals surface area (Å²) in [6.07, 6.45) is 10.9. The van der Waals surface area contributed by atoms with E-state index in [4.69, 9.17) is 15.0 Å². The van der Waals surface area contributed by atoms with Crippen molar-refractivity contribution in [2.45, 2.75) is 33.9 Å². The van der Waals surface area contributed by atoms with E-state index in [1.165, 1.54) is 0 Å². The maximum atomic E-state index is 15.9. The molecule has 0 amide bonds. The van der Waals surface area contributed by atoms with Crippen molar-refractivity contribution in [1.82, 2.24) is 34.9 Å². The van der Waals surface area contributed by atoms with Crippen LogP contribution in [-0.4, -0.2) is 34.9 Å². The highest BCUT2D eigenvalue weighted by Crippen LogP contribution is 2.36. The van der Waals surface area contributed by atoms with Gasteiger partial charge in [-0.2, -0.15) is 0 Å². The Morgan fingerprint density at radius 3 is 1.78 bits per heavy atom. The number of fused-ring (bicyclic) bond motifs is 2. The van der Waals surface area contributed by atoms with Crippen LogP contribution in [0.2, 0.25) is 0 Å². The van der Waals surface area contributed by atoms with Gasteiger partial charge in [-0.15, -0.1) is 0 Å². The van der Waals surface area contributed by atoms with Gasteiger partial charge in [0, 0.05) is 89.3 Å². The van der Waals surface area contributed by atoms with Crippen LogP contribution in [0.3, 0.4) is 0 Å². The molecule has 0 radical (unpaired) electrons. The second kappa shape index (κ2) is 17.3. The molecule has 0 aliphatic carbocycles. The van der Waals surface area contributed by atoms with E-state index in [2.05, 4.69) is 79.1 Å². The molecule has 3 aromatic carbocycles. The predicted molar refractivity (Wildman–Crippen MR) is 255 cm³/mol. The van der Waals surface area contributed by atoms with Gasteiger partial charge in [-0.25, -0.2) is 19.3 Å². The highest BCUT2D eigenvalue weighted by molar-refractivity contribution is 5.95. The average Bonchev–Trinajstić information content (AvgIpc) is 3.32. The molecule has 0 atom stereocenters. The lowest BCUT2D eigenvalue weighted by Crippen LogP contribution is -2.04. The summed E-state index contributed by atoms with van der Waals surface area (Å²) in [5, 5.41) is 9.95. The van der Waals surface area contributed by atoms with E-state index in [1.807, 2.05) is 99.9 Å². The van der Waals surface area contributed by atoms with E-state index in [-0.39, 0.29) is 5.82 Å². The SMILES string of the molecule is Cc1cc(-c2ccc(CNc3nccc4nc(-c5ccnc(C)c5)ccc34)c(-c3cc(F)cc(-c4ccc5c(NCc6ccc(-c7ccnc(C)c7)nc6)nccc5c4)c3)c2)ccn1. The van der Waals surface area contributed by atoms with Crippen LogP contribution in [0.5, 0.6) is 0 Å². The minimum absolute atomic E-state index is 0.325. The van der Waals surface area contributed by atoms with Crippen molar-refractivity contribution in [1.29, 1.82) is 0 Å². The molecule has 0 spiro atoms. The van der Waals surface area contributed by atoms with E-state index < -0.39 is 0 Å². The highest BCUT2D eigenvalue weighted by Gasteiger charge is 2.15. The topological polar surface area (TPSA) is 114 Å². The van der Waals surface area contributed by atoms with Crippen LogP contribution in [0.15, 0.2) is 165 Å². The first-order valence-electron chi connectivity index (χ1n) is 21.1. The third-order valence-corrected chi connectivity index (χ3v) is 11.4. The lowest BCUT2D eigenvalue weighted by Gasteiger charge is -2.16. The molecule has 310 valence electrons. The van der Waals surface area contributed by atoms with Gasteiger partial charge in [-0.05, 0) is 168 Å². The second-order valence-corrected chi connectivity index (χ2v) is 15.9. The summed E-state index contributed by atoms with van der Waals surface area (Å²) >= 11 is 0. The van der Waals surface area contributed by atoms with Crippen LogP contribution in [0, 0.1) is 26.6 Å². The molecule has 0 saturated carbocycles. The fourth-order valence-electron chi connectivity index (χ4n) is 8.14. The summed E-state index contributed by atoms with van der Waals surface area (Å²) in [4.78, 5) is 32.1. The van der Waals surface area contributed by atoms with Crippen LogP contribution >= 0.6 is 0 Å². The summed E-state index contributed by atoms with van der Waals surface area (Å²) in [7, 11) is 0. The van der Waals surface area contributed by atoms with E-state index in [0.29, 0.717) is 18.9 Å². The van der Waals surface area contributed by atoms with Crippen LogP contribution in [0.4, 0.5) is 16.0 Å². The summed E-state index contributed by atoms with van der Waals surface area (Å²) in [6, 6.07) is 41.9. The van der Waals surface area contributed by atoms with E-state index in [9.17, 15) is 0 Å². The fraction of sp³-hybridized carbons (Fsp3) is 0.0926. The number of aryl methyl sites for hydroxylation is 3. The summed E-state index contributed by atoms with van der Waals surface area (Å²) < 4.78 is 15.9. The maximum absolute atomic E-state index is 15.9. The monoisotopic (exact) mass is 835 g/mol. The quantitative estimate of drug-likeness (QED) is 0.131. The number of hydrogen-bond donors (Lipinski definition) is 2. The Kier molecular flexibility index (Phi) is 10.8. The number of anilines is 2. The lowest BCUT2D eigenvalue weighted by atomic mass is 9.92. The second-order valence-electron chi connectivity index (χ2n) is 15.9. The van der Waals surface area contributed by atoms with Gasteiger partial charge in [-0.1, -0.05) is 30.3 Å². The molecule has 64 heavy (non-hydrogen) atoms. The molecule has 7 heterocycles. The fourth-order valence-corrected chi connectivity index (χ4v) is 8.14. The Morgan fingerprint density at radius 2 is 1.03 bits per heavy atom. The number of nitrogens with zero attached hydrogens (tertiary/aromatic N) is 7. The molecule has 10 heteroatoms. The molecule has 7 aromatic heterocycles. The molecule has 10 aromatic rings. The van der Waals surface area contributed by atoms with Gasteiger partial charge in [-0.3, -0.25) is 19.9 Å². The third kappa shape index (κ3) is 8.49. The minimum atomic E-state index is -0.325. The maximum Gasteiger partial charge on any atom is 0.135 e. The van der Waals surface area contributed by atoms with Crippen LogP contribution in [0.25, 0.3) is 77.6 Å². The van der Waals surface area contributed by atoms with Crippen LogP contribution < -0.4 is 10.6 Å². The molecule has 10 rings (SSSR count). The van der Waals surface area contributed by atoms with Gasteiger partial charge in [0.05, 0.1) is 16.9 Å². The van der Waals surface area contributed by atoms with Gasteiger partial charge in [0.1, 0.15) is 17.5 Å². The summed E-state index contributed by atoms with van der Waals surface area (Å²) in [5.41, 5.74) is 14.8. The smallest absolute Gasteiger partial charge is 0.135 e. The number of nitrogens with one attached hydrogen (secondary N) is 2. The zero-order chi connectivity index (χ0) is 43.6. The first-order valence-corrected chi connectivity index (χ1v) is 21.1. The molecule has 2 N–H and O–H groups in total. The largest absolute Gasteiger partial charge is 0.365 e. The number of hydrogen-bond acceptors (Lipinski definition) is 9. The third-order valence-electron chi connectivity index (χ3n) is 11.4. The Balaban J connectivity index is 0.944. The first kappa shape index (κ1) is 39.9. The Labute approximate surface area is 370 Å². The van der Waals surface area contributed by atoms with Crippen molar-refractivity contribution in [3.63, 3.8) is 0 Å². The van der Waals surface area contributed by atoms with Gasteiger partial charge in [0.25, 0.3) is 0 Å². The van der Waals surface area contributed by atoms with Crippen molar-refractivity contribution >= 4 is 33.3 Å². The molecule has 0 saturated heterocycles. The minimum Gasteiger partial charge on any atom is -0.365 e. The van der Waals surface area contributed by atoms with Crippen LogP contribution in [0.1, 0.15) is 28.2 Å². The Hall–Kier alpha value is -8.24. The molecule has 0 aliphatic heterocycles. The van der Waals surface area contributed by atoms with Crippen molar-refractivity contribution in [3.05, 3.63) is 199 Å². The zero-order valence-corrected chi connectivity index (χ0v) is 35.5. The molecular formula is C54H42FN9. The average molecular weight is 836 g/mol. The highest BCUT2D eigenvalue weighted by atomic mass is 19.1. The van der Waals surface area contributed by atoms with Gasteiger partial charge < -0.3 is 10.6 Å². The van der Waals surface area contributed by atoms with Crippen molar-refractivity contribution in [3.8, 4) is 55.9 Å². The molecule has 0 fully saturated rings. The number of aromatic nitrogens is 7. The molecule has 9 nitrogen and oxygen atoms in total. The summed E-state index contributed by atoms with van der Waals surface area (Å²) in [5.74, 6) is 1.15. The predicted octanol–water partition coefficient (Wildman–Crippen LogP) is 12.4. The number of rotatable bonds is 11. The molecular weight excluding hydrogens is 794 g/mol. The summed E-state index contributed by atoms with van der Waals surface area (Å²) in [6.45, 7) is 6.93. The first-order chi connectivity index (χ1) is 31.3. The van der Waals surface area contributed by atoms with E-state index in [0.717, 1.165) is 112 Å². The number of pyridine rings is 7. The number of halogens is 1. The standard InChI is InChI=1S/C54H42FN9/c1-33-22-39(12-17-56-33)38-5-6-43(32-63-54-48-9-11-51(64-52(48)16-21-60-54)42-15-19-58-35(3)24-42)49(29-38)45-26-44(27-46(55)28-45)37-7-8-47-40(25-37)13-20-59-53(47)62-31-36-4-10-50(61-30-36)41-14-18-57-34(2)23-41/h4-30H,31-32H2,1-3H3,(H,59,62)(H,60,63). The Bertz CT molecular complexity index is 3350. The van der Waals surface area contributed by atoms with Gasteiger partial charge >= 0.3 is 0 Å². The zero-order valence-electron chi connectivity index (χ0n) is 35.5. The molecule has 0 bridgehead atoms. The van der Waals surface area contributed by atoms with Gasteiger partial charge in [0.2, 0.25) is 0 Å². The Morgan fingerprint density at radius 1 is 0.438 bits per heavy atom. The van der Waals surface area contributed by atoms with Crippen LogP contribution in [-0.2, 0) is 13.1 Å². The normalized spacial score (nSPS) is 11.2. The van der Waals surface area contributed by atoms with Crippen molar-refractivity contribution in [2.24, 2.45) is 0 Å². The molecule has 0 aliphatic rings. The van der Waals surface area contributed by atoms with Crippen molar-refractivity contribution < 1.29 is 4.39 Å². The molecule has 0 unspecified atom stereocenters. The van der Waals surface area contributed by atoms with Crippen molar-refractivity contribution in [2.75, 3.05) is 10.6 Å². The van der Waals surface area contributed by atoms with Gasteiger partial charge in [0.15, 0.2) is 0 Å². The lowest BCUT2D eigenvalue weighted by molar-refractivity contribution is 0.629.